The van der Waals surface area contributed by atoms with Gasteiger partial charge in [-0.2, -0.15) is 15.0 Å². The first-order chi connectivity index (χ1) is 8.19. The Hall–Kier alpha value is -1.34. The number of ether oxygens (including phenoxy) is 1. The minimum atomic E-state index is 0.111. The van der Waals surface area contributed by atoms with Crippen molar-refractivity contribution < 1.29 is 4.74 Å². The van der Waals surface area contributed by atoms with Crippen LogP contribution >= 0.6 is 23.4 Å². The molecule has 0 atom stereocenters. The van der Waals surface area contributed by atoms with Crippen molar-refractivity contribution >= 4 is 23.4 Å². The number of hydrogen-bond donors (Lipinski definition) is 0. The quantitative estimate of drug-likeness (QED) is 0.845. The SMILES string of the molecule is CCOc1nc(Cl)nc(Sc2nccn2C)n1. The zero-order valence-corrected chi connectivity index (χ0v) is 10.9. The van der Waals surface area contributed by atoms with Crippen molar-refractivity contribution in [2.75, 3.05) is 6.61 Å². The fourth-order valence-corrected chi connectivity index (χ4v) is 2.03. The summed E-state index contributed by atoms with van der Waals surface area (Å²) in [5.41, 5.74) is 0. The van der Waals surface area contributed by atoms with E-state index in [-0.39, 0.29) is 11.3 Å². The zero-order chi connectivity index (χ0) is 12.3. The van der Waals surface area contributed by atoms with Gasteiger partial charge >= 0.3 is 6.01 Å². The molecule has 0 aliphatic heterocycles. The third-order valence-corrected chi connectivity index (χ3v) is 2.91. The van der Waals surface area contributed by atoms with Crippen LogP contribution in [0.15, 0.2) is 22.7 Å². The minimum absolute atomic E-state index is 0.111. The van der Waals surface area contributed by atoms with Gasteiger partial charge in [-0.05, 0) is 30.3 Å². The predicted molar refractivity (Wildman–Crippen MR) is 63.3 cm³/mol. The van der Waals surface area contributed by atoms with Crippen molar-refractivity contribution in [1.29, 1.82) is 0 Å². The van der Waals surface area contributed by atoms with E-state index >= 15 is 0 Å². The van der Waals surface area contributed by atoms with Crippen LogP contribution in [0, 0.1) is 0 Å². The Morgan fingerprint density at radius 2 is 2.24 bits per heavy atom. The van der Waals surface area contributed by atoms with Crippen molar-refractivity contribution in [1.82, 2.24) is 24.5 Å². The number of imidazole rings is 1. The van der Waals surface area contributed by atoms with Gasteiger partial charge in [0.05, 0.1) is 6.61 Å². The summed E-state index contributed by atoms with van der Waals surface area (Å²) in [6.45, 7) is 2.33. The number of nitrogens with zero attached hydrogens (tertiary/aromatic N) is 5. The van der Waals surface area contributed by atoms with Crippen LogP contribution in [-0.4, -0.2) is 31.1 Å². The van der Waals surface area contributed by atoms with Gasteiger partial charge in [0.25, 0.3) is 0 Å². The summed E-state index contributed by atoms with van der Waals surface area (Å²) in [6, 6.07) is 0.226. The summed E-state index contributed by atoms with van der Waals surface area (Å²) >= 11 is 7.08. The molecule has 0 N–H and O–H groups in total. The van der Waals surface area contributed by atoms with Crippen LogP contribution in [0.2, 0.25) is 5.28 Å². The van der Waals surface area contributed by atoms with E-state index in [0.717, 1.165) is 5.16 Å². The molecule has 0 aliphatic carbocycles. The van der Waals surface area contributed by atoms with Crippen LogP contribution in [0.25, 0.3) is 0 Å². The van der Waals surface area contributed by atoms with Crippen LogP contribution < -0.4 is 4.74 Å². The van der Waals surface area contributed by atoms with Gasteiger partial charge in [-0.1, -0.05) is 0 Å². The Labute approximate surface area is 107 Å². The maximum absolute atomic E-state index is 5.78. The van der Waals surface area contributed by atoms with Gasteiger partial charge in [0.2, 0.25) is 10.4 Å². The molecule has 0 unspecified atom stereocenters. The second-order valence-corrected chi connectivity index (χ2v) is 4.30. The number of aryl methyl sites for hydroxylation is 1. The lowest BCUT2D eigenvalue weighted by Gasteiger charge is -2.03. The smallest absolute Gasteiger partial charge is 0.321 e. The number of hydrogen-bond acceptors (Lipinski definition) is 6. The first-order valence-electron chi connectivity index (χ1n) is 4.88. The molecular formula is C9H10ClN5OS. The van der Waals surface area contributed by atoms with Crippen LogP contribution in [0.3, 0.4) is 0 Å². The Kier molecular flexibility index (Phi) is 3.80. The monoisotopic (exact) mass is 271 g/mol. The van der Waals surface area contributed by atoms with Gasteiger partial charge in [0, 0.05) is 19.4 Å². The van der Waals surface area contributed by atoms with Crippen molar-refractivity contribution in [2.45, 2.75) is 17.2 Å². The fraction of sp³-hybridized carbons (Fsp3) is 0.333. The third-order valence-electron chi connectivity index (χ3n) is 1.80. The van der Waals surface area contributed by atoms with Gasteiger partial charge < -0.3 is 9.30 Å². The van der Waals surface area contributed by atoms with E-state index in [1.807, 2.05) is 24.7 Å². The second kappa shape index (κ2) is 5.33. The van der Waals surface area contributed by atoms with Crippen molar-refractivity contribution in [2.24, 2.45) is 7.05 Å². The maximum atomic E-state index is 5.78. The molecule has 2 rings (SSSR count). The molecule has 90 valence electrons. The molecule has 2 heterocycles. The molecule has 0 spiro atoms. The number of rotatable bonds is 4. The normalized spacial score (nSPS) is 10.5. The van der Waals surface area contributed by atoms with Crippen molar-refractivity contribution in [3.63, 3.8) is 0 Å². The molecule has 8 heteroatoms. The average molecular weight is 272 g/mol. The van der Waals surface area contributed by atoms with Gasteiger partial charge in [-0.25, -0.2) is 4.98 Å². The summed E-state index contributed by atoms with van der Waals surface area (Å²) in [7, 11) is 1.89. The fourth-order valence-electron chi connectivity index (χ4n) is 1.09. The van der Waals surface area contributed by atoms with E-state index in [0.29, 0.717) is 11.8 Å². The Morgan fingerprint density at radius 1 is 1.41 bits per heavy atom. The van der Waals surface area contributed by atoms with E-state index in [1.54, 1.807) is 6.20 Å². The largest absolute Gasteiger partial charge is 0.464 e. The summed E-state index contributed by atoms with van der Waals surface area (Å²) in [6.07, 6.45) is 3.54. The highest BCUT2D eigenvalue weighted by Crippen LogP contribution is 2.24. The molecule has 0 amide bonds. The lowest BCUT2D eigenvalue weighted by molar-refractivity contribution is 0.307. The van der Waals surface area contributed by atoms with Crippen molar-refractivity contribution in [3.05, 3.63) is 17.7 Å². The summed E-state index contributed by atoms with van der Waals surface area (Å²) in [5.74, 6) is 0. The molecule has 0 aromatic carbocycles. The van der Waals surface area contributed by atoms with Gasteiger partial charge in [0.15, 0.2) is 5.16 Å². The topological polar surface area (TPSA) is 65.7 Å². The minimum Gasteiger partial charge on any atom is -0.464 e. The molecule has 0 radical (unpaired) electrons. The highest BCUT2D eigenvalue weighted by Gasteiger charge is 2.09. The van der Waals surface area contributed by atoms with E-state index < -0.39 is 0 Å². The van der Waals surface area contributed by atoms with E-state index in [2.05, 4.69) is 19.9 Å². The predicted octanol–water partition coefficient (Wildman–Crippen LogP) is 1.81. The van der Waals surface area contributed by atoms with E-state index in [1.165, 1.54) is 11.8 Å². The highest BCUT2D eigenvalue weighted by atomic mass is 35.5. The number of halogens is 1. The lowest BCUT2D eigenvalue weighted by Crippen LogP contribution is -2.01. The molecule has 0 bridgehead atoms. The molecule has 6 nitrogen and oxygen atoms in total. The molecule has 0 fully saturated rings. The van der Waals surface area contributed by atoms with Gasteiger partial charge in [0.1, 0.15) is 0 Å². The Balaban J connectivity index is 2.23. The van der Waals surface area contributed by atoms with Gasteiger partial charge in [-0.15, -0.1) is 0 Å². The highest BCUT2D eigenvalue weighted by molar-refractivity contribution is 7.99. The molecule has 2 aromatic heterocycles. The first-order valence-corrected chi connectivity index (χ1v) is 6.08. The molecule has 0 saturated carbocycles. The van der Waals surface area contributed by atoms with E-state index in [9.17, 15) is 0 Å². The summed E-state index contributed by atoms with van der Waals surface area (Å²) < 4.78 is 7.05. The van der Waals surface area contributed by atoms with Crippen LogP contribution in [0.4, 0.5) is 0 Å². The molecule has 0 aliphatic rings. The Morgan fingerprint density at radius 3 is 2.88 bits per heavy atom. The van der Waals surface area contributed by atoms with Crippen LogP contribution in [0.1, 0.15) is 6.92 Å². The molecule has 0 saturated heterocycles. The second-order valence-electron chi connectivity index (χ2n) is 3.03. The molecule has 2 aromatic rings. The maximum Gasteiger partial charge on any atom is 0.321 e. The zero-order valence-electron chi connectivity index (χ0n) is 9.29. The average Bonchev–Trinajstić information content (AvgIpc) is 2.64. The summed E-state index contributed by atoms with van der Waals surface area (Å²) in [4.78, 5) is 16.1. The van der Waals surface area contributed by atoms with Crippen LogP contribution in [-0.2, 0) is 7.05 Å². The van der Waals surface area contributed by atoms with Gasteiger partial charge in [-0.3, -0.25) is 0 Å². The molecule has 17 heavy (non-hydrogen) atoms. The third kappa shape index (κ3) is 3.07. The number of aromatic nitrogens is 5. The standard InChI is InChI=1S/C9H10ClN5OS/c1-3-16-7-12-6(10)13-8(14-7)17-9-11-4-5-15(9)2/h4-5H,3H2,1-2H3. The first kappa shape index (κ1) is 12.1. The van der Waals surface area contributed by atoms with Crippen LogP contribution in [0.5, 0.6) is 6.01 Å². The van der Waals surface area contributed by atoms with Crippen molar-refractivity contribution in [3.8, 4) is 6.01 Å². The Bertz CT molecular complexity index is 518. The lowest BCUT2D eigenvalue weighted by atomic mass is 10.9. The summed E-state index contributed by atoms with van der Waals surface area (Å²) in [5, 5.41) is 1.35. The van der Waals surface area contributed by atoms with E-state index in [4.69, 9.17) is 16.3 Å². The molecular weight excluding hydrogens is 262 g/mol.